The van der Waals surface area contributed by atoms with Gasteiger partial charge in [-0.05, 0) is 37.0 Å². The van der Waals surface area contributed by atoms with Crippen LogP contribution in [0.15, 0.2) is 42.6 Å². The molecule has 8 nitrogen and oxygen atoms in total. The summed E-state index contributed by atoms with van der Waals surface area (Å²) in [5.74, 6) is 7.45. The SMILES string of the molecule is COc1cc(OC)cc(N(CC2CC2)c2ccc3ncc(C(O)NN)nc3c2)c1. The van der Waals surface area contributed by atoms with Crippen molar-refractivity contribution < 1.29 is 14.6 Å². The molecule has 29 heavy (non-hydrogen) atoms. The highest BCUT2D eigenvalue weighted by Gasteiger charge is 2.26. The minimum absolute atomic E-state index is 0.369. The first-order valence-electron chi connectivity index (χ1n) is 9.52. The second-order valence-electron chi connectivity index (χ2n) is 7.16. The van der Waals surface area contributed by atoms with Crippen LogP contribution in [0.25, 0.3) is 11.0 Å². The Balaban J connectivity index is 1.77. The molecule has 1 saturated carbocycles. The zero-order valence-corrected chi connectivity index (χ0v) is 16.5. The Morgan fingerprint density at radius 2 is 1.83 bits per heavy atom. The van der Waals surface area contributed by atoms with Gasteiger partial charge in [-0.1, -0.05) is 0 Å². The second kappa shape index (κ2) is 8.20. The lowest BCUT2D eigenvalue weighted by molar-refractivity contribution is 0.135. The summed E-state index contributed by atoms with van der Waals surface area (Å²) in [4.78, 5) is 11.1. The van der Waals surface area contributed by atoms with Crippen molar-refractivity contribution in [3.05, 3.63) is 48.3 Å². The fourth-order valence-electron chi connectivity index (χ4n) is 3.27. The number of methoxy groups -OCH3 is 2. The van der Waals surface area contributed by atoms with E-state index in [0.29, 0.717) is 17.1 Å². The third kappa shape index (κ3) is 4.24. The highest BCUT2D eigenvalue weighted by atomic mass is 16.5. The molecule has 1 heterocycles. The third-order valence-corrected chi connectivity index (χ3v) is 5.08. The molecule has 8 heteroatoms. The van der Waals surface area contributed by atoms with Gasteiger partial charge in [0.05, 0.1) is 31.4 Å². The maximum absolute atomic E-state index is 9.91. The Kier molecular flexibility index (Phi) is 5.48. The largest absolute Gasteiger partial charge is 0.497 e. The molecular weight excluding hydrogens is 370 g/mol. The van der Waals surface area contributed by atoms with Gasteiger partial charge in [0.1, 0.15) is 17.2 Å². The highest BCUT2D eigenvalue weighted by Crippen LogP contribution is 2.38. The van der Waals surface area contributed by atoms with Crippen molar-refractivity contribution in [3.63, 3.8) is 0 Å². The third-order valence-electron chi connectivity index (χ3n) is 5.08. The Morgan fingerprint density at radius 1 is 1.10 bits per heavy atom. The summed E-state index contributed by atoms with van der Waals surface area (Å²) in [6.45, 7) is 0.891. The van der Waals surface area contributed by atoms with E-state index in [2.05, 4.69) is 20.3 Å². The van der Waals surface area contributed by atoms with Gasteiger partial charge in [-0.25, -0.2) is 10.4 Å². The molecule has 0 amide bonds. The Hall–Kier alpha value is -2.94. The smallest absolute Gasteiger partial charge is 0.161 e. The molecule has 1 aliphatic rings. The number of fused-ring (bicyclic) bond motifs is 1. The standard InChI is InChI=1S/C21H25N5O3/c1-28-16-7-15(8-17(10-16)29-2)26(12-13-3-4-13)14-5-6-18-19(9-14)24-20(11-23-18)21(27)25-22/h5-11,13,21,25,27H,3-4,12,22H2,1-2H3. The number of anilines is 2. The number of hydrogen-bond donors (Lipinski definition) is 3. The molecule has 4 N–H and O–H groups in total. The number of nitrogens with two attached hydrogens (primary N) is 1. The lowest BCUT2D eigenvalue weighted by atomic mass is 10.2. The van der Waals surface area contributed by atoms with Gasteiger partial charge < -0.3 is 19.5 Å². The van der Waals surface area contributed by atoms with Crippen molar-refractivity contribution >= 4 is 22.4 Å². The number of aliphatic hydroxyl groups is 1. The molecular formula is C21H25N5O3. The molecule has 1 unspecified atom stereocenters. The second-order valence-corrected chi connectivity index (χ2v) is 7.16. The van der Waals surface area contributed by atoms with E-state index in [1.807, 2.05) is 36.4 Å². The van der Waals surface area contributed by atoms with Gasteiger partial charge in [0, 0.05) is 36.1 Å². The zero-order chi connectivity index (χ0) is 20.4. The van der Waals surface area contributed by atoms with Crippen LogP contribution in [0, 0.1) is 5.92 Å². The van der Waals surface area contributed by atoms with Crippen molar-refractivity contribution in [2.24, 2.45) is 11.8 Å². The minimum Gasteiger partial charge on any atom is -0.497 e. The average Bonchev–Trinajstić information content (AvgIpc) is 3.60. The van der Waals surface area contributed by atoms with Gasteiger partial charge in [-0.3, -0.25) is 10.8 Å². The van der Waals surface area contributed by atoms with Crippen molar-refractivity contribution in [1.29, 1.82) is 0 Å². The molecule has 3 aromatic rings. The molecule has 1 fully saturated rings. The summed E-state index contributed by atoms with van der Waals surface area (Å²) < 4.78 is 10.9. The maximum Gasteiger partial charge on any atom is 0.161 e. The molecule has 0 aliphatic heterocycles. The lowest BCUT2D eigenvalue weighted by Crippen LogP contribution is -2.28. The summed E-state index contributed by atoms with van der Waals surface area (Å²) in [6.07, 6.45) is 2.90. The number of ether oxygens (including phenoxy) is 2. The predicted molar refractivity (Wildman–Crippen MR) is 111 cm³/mol. The number of rotatable bonds is 8. The number of aromatic nitrogens is 2. The molecule has 152 valence electrons. The number of aliphatic hydroxyl groups excluding tert-OH is 1. The van der Waals surface area contributed by atoms with Gasteiger partial charge in [0.25, 0.3) is 0 Å². The highest BCUT2D eigenvalue weighted by molar-refractivity contribution is 5.81. The summed E-state index contributed by atoms with van der Waals surface area (Å²) in [5, 5.41) is 9.91. The van der Waals surface area contributed by atoms with Gasteiger partial charge in [-0.2, -0.15) is 0 Å². The zero-order valence-electron chi connectivity index (χ0n) is 16.5. The van der Waals surface area contributed by atoms with E-state index in [1.54, 1.807) is 14.2 Å². The molecule has 0 saturated heterocycles. The van der Waals surface area contributed by atoms with E-state index < -0.39 is 6.23 Å². The predicted octanol–water partition coefficient (Wildman–Crippen LogP) is 2.65. The Morgan fingerprint density at radius 3 is 2.45 bits per heavy atom. The molecule has 1 aromatic heterocycles. The first-order chi connectivity index (χ1) is 14.1. The van der Waals surface area contributed by atoms with Crippen LogP contribution in [-0.4, -0.2) is 35.8 Å². The van der Waals surface area contributed by atoms with Crippen LogP contribution >= 0.6 is 0 Å². The number of nitrogens with zero attached hydrogens (tertiary/aromatic N) is 3. The van der Waals surface area contributed by atoms with Crippen LogP contribution in [0.3, 0.4) is 0 Å². The number of benzene rings is 2. The van der Waals surface area contributed by atoms with E-state index in [9.17, 15) is 5.11 Å². The maximum atomic E-state index is 9.91. The van der Waals surface area contributed by atoms with Crippen LogP contribution in [0.1, 0.15) is 24.8 Å². The van der Waals surface area contributed by atoms with Crippen molar-refractivity contribution in [2.75, 3.05) is 25.7 Å². The topological polar surface area (TPSA) is 106 Å². The van der Waals surface area contributed by atoms with Gasteiger partial charge in [-0.15, -0.1) is 0 Å². The fourth-order valence-corrected chi connectivity index (χ4v) is 3.27. The van der Waals surface area contributed by atoms with E-state index in [1.165, 1.54) is 19.0 Å². The molecule has 0 spiro atoms. The summed E-state index contributed by atoms with van der Waals surface area (Å²) in [6, 6.07) is 11.8. The van der Waals surface area contributed by atoms with Crippen LogP contribution in [0.5, 0.6) is 11.5 Å². The van der Waals surface area contributed by atoms with Crippen molar-refractivity contribution in [3.8, 4) is 11.5 Å². The van der Waals surface area contributed by atoms with E-state index >= 15 is 0 Å². The first kappa shape index (κ1) is 19.4. The van der Waals surface area contributed by atoms with E-state index in [-0.39, 0.29) is 0 Å². The Bertz CT molecular complexity index is 987. The van der Waals surface area contributed by atoms with Crippen molar-refractivity contribution in [1.82, 2.24) is 15.4 Å². The summed E-state index contributed by atoms with van der Waals surface area (Å²) >= 11 is 0. The fraction of sp³-hybridized carbons (Fsp3) is 0.333. The molecule has 1 atom stereocenters. The minimum atomic E-state index is -1.07. The number of nitrogens with one attached hydrogen (secondary N) is 1. The Labute approximate surface area is 169 Å². The summed E-state index contributed by atoms with van der Waals surface area (Å²) in [5.41, 5.74) is 6.06. The average molecular weight is 395 g/mol. The van der Waals surface area contributed by atoms with E-state index in [0.717, 1.165) is 34.9 Å². The lowest BCUT2D eigenvalue weighted by Gasteiger charge is -2.26. The summed E-state index contributed by atoms with van der Waals surface area (Å²) in [7, 11) is 3.29. The monoisotopic (exact) mass is 395 g/mol. The van der Waals surface area contributed by atoms with E-state index in [4.69, 9.17) is 15.3 Å². The van der Waals surface area contributed by atoms with Crippen LogP contribution in [0.4, 0.5) is 11.4 Å². The number of hydrazine groups is 1. The van der Waals surface area contributed by atoms with Gasteiger partial charge in [0.15, 0.2) is 6.23 Å². The number of hydrogen-bond acceptors (Lipinski definition) is 8. The molecule has 0 bridgehead atoms. The molecule has 4 rings (SSSR count). The van der Waals surface area contributed by atoms with Crippen molar-refractivity contribution in [2.45, 2.75) is 19.1 Å². The molecule has 2 aromatic carbocycles. The first-order valence-corrected chi connectivity index (χ1v) is 9.52. The van der Waals surface area contributed by atoms with Crippen LogP contribution in [0.2, 0.25) is 0 Å². The normalized spacial score (nSPS) is 14.6. The van der Waals surface area contributed by atoms with Crippen LogP contribution < -0.4 is 25.6 Å². The molecule has 0 radical (unpaired) electrons. The van der Waals surface area contributed by atoms with Gasteiger partial charge >= 0.3 is 0 Å². The quantitative estimate of drug-likeness (QED) is 0.304. The van der Waals surface area contributed by atoms with Crippen LogP contribution in [-0.2, 0) is 0 Å². The van der Waals surface area contributed by atoms with Gasteiger partial charge in [0.2, 0.25) is 0 Å². The molecule has 1 aliphatic carbocycles.